The summed E-state index contributed by atoms with van der Waals surface area (Å²) in [5.74, 6) is 0.908. The standard InChI is InChI=1S/C19H23N3O.HI/c1-2-20-19(21-13-16-8-3-4-9-17(16)14-23)22-12-11-15-7-5-6-10-18(15)22;/h3-10,23H,2,11-14H2,1H3,(H,20,21);1H. The van der Waals surface area contributed by atoms with E-state index < -0.39 is 0 Å². The molecule has 3 rings (SSSR count). The van der Waals surface area contributed by atoms with Crippen molar-refractivity contribution < 1.29 is 5.11 Å². The Morgan fingerprint density at radius 1 is 1.12 bits per heavy atom. The topological polar surface area (TPSA) is 47.9 Å². The third-order valence-corrected chi connectivity index (χ3v) is 4.17. The van der Waals surface area contributed by atoms with Gasteiger partial charge in [-0.1, -0.05) is 42.5 Å². The number of anilines is 1. The van der Waals surface area contributed by atoms with Crippen molar-refractivity contribution in [2.24, 2.45) is 4.99 Å². The maximum absolute atomic E-state index is 9.45. The lowest BCUT2D eigenvalue weighted by atomic mass is 10.1. The SMILES string of the molecule is CCNC(=NCc1ccccc1CO)N1CCc2ccccc21.I. The molecule has 0 aliphatic carbocycles. The Morgan fingerprint density at radius 2 is 1.83 bits per heavy atom. The number of benzene rings is 2. The number of aliphatic imine (C=N–C) groups is 1. The van der Waals surface area contributed by atoms with Gasteiger partial charge in [-0.15, -0.1) is 24.0 Å². The monoisotopic (exact) mass is 437 g/mol. The minimum absolute atomic E-state index is 0. The number of hydrogen-bond donors (Lipinski definition) is 2. The van der Waals surface area contributed by atoms with Crippen molar-refractivity contribution in [3.8, 4) is 0 Å². The fourth-order valence-electron chi connectivity index (χ4n) is 2.98. The maximum Gasteiger partial charge on any atom is 0.198 e. The van der Waals surface area contributed by atoms with Crippen LogP contribution in [0.1, 0.15) is 23.6 Å². The molecule has 0 saturated carbocycles. The van der Waals surface area contributed by atoms with E-state index in [9.17, 15) is 5.11 Å². The van der Waals surface area contributed by atoms with Crippen molar-refractivity contribution in [1.82, 2.24) is 5.32 Å². The summed E-state index contributed by atoms with van der Waals surface area (Å²) in [5, 5.41) is 12.8. The first-order valence-electron chi connectivity index (χ1n) is 8.15. The summed E-state index contributed by atoms with van der Waals surface area (Å²) < 4.78 is 0. The number of hydrogen-bond acceptors (Lipinski definition) is 2. The lowest BCUT2D eigenvalue weighted by Crippen LogP contribution is -2.40. The molecule has 0 saturated heterocycles. The van der Waals surface area contributed by atoms with Crippen molar-refractivity contribution in [3.63, 3.8) is 0 Å². The van der Waals surface area contributed by atoms with E-state index in [1.165, 1.54) is 11.3 Å². The van der Waals surface area contributed by atoms with Crippen LogP contribution in [0.15, 0.2) is 53.5 Å². The van der Waals surface area contributed by atoms with Gasteiger partial charge < -0.3 is 15.3 Å². The third-order valence-electron chi connectivity index (χ3n) is 4.17. The van der Waals surface area contributed by atoms with Crippen LogP contribution in [0.4, 0.5) is 5.69 Å². The number of aliphatic hydroxyl groups excluding tert-OH is 1. The first-order chi connectivity index (χ1) is 11.3. The zero-order valence-corrected chi connectivity index (χ0v) is 16.2. The van der Waals surface area contributed by atoms with Crippen molar-refractivity contribution in [2.75, 3.05) is 18.0 Å². The van der Waals surface area contributed by atoms with Crippen molar-refractivity contribution >= 4 is 35.6 Å². The molecule has 0 fully saturated rings. The molecule has 4 nitrogen and oxygen atoms in total. The van der Waals surface area contributed by atoms with Gasteiger partial charge in [0.2, 0.25) is 0 Å². The average molecular weight is 437 g/mol. The van der Waals surface area contributed by atoms with Crippen LogP contribution in [0.2, 0.25) is 0 Å². The molecule has 0 radical (unpaired) electrons. The van der Waals surface area contributed by atoms with E-state index in [4.69, 9.17) is 4.99 Å². The summed E-state index contributed by atoms with van der Waals surface area (Å²) >= 11 is 0. The molecule has 24 heavy (non-hydrogen) atoms. The number of rotatable bonds is 4. The maximum atomic E-state index is 9.45. The van der Waals surface area contributed by atoms with Crippen LogP contribution in [0.25, 0.3) is 0 Å². The number of nitrogens with one attached hydrogen (secondary N) is 1. The zero-order valence-electron chi connectivity index (χ0n) is 13.9. The zero-order chi connectivity index (χ0) is 16.1. The molecular formula is C19H24IN3O. The van der Waals surface area contributed by atoms with E-state index >= 15 is 0 Å². The first kappa shape index (κ1) is 18.7. The average Bonchev–Trinajstić information content (AvgIpc) is 3.03. The molecule has 1 aliphatic rings. The largest absolute Gasteiger partial charge is 0.392 e. The molecule has 0 spiro atoms. The fraction of sp³-hybridized carbons (Fsp3) is 0.316. The van der Waals surface area contributed by atoms with Crippen LogP contribution >= 0.6 is 24.0 Å². The minimum Gasteiger partial charge on any atom is -0.392 e. The van der Waals surface area contributed by atoms with E-state index in [1.54, 1.807) is 0 Å². The molecule has 0 aromatic heterocycles. The fourth-order valence-corrected chi connectivity index (χ4v) is 2.98. The van der Waals surface area contributed by atoms with Gasteiger partial charge >= 0.3 is 0 Å². The molecule has 0 bridgehead atoms. The summed E-state index contributed by atoms with van der Waals surface area (Å²) in [6, 6.07) is 16.4. The summed E-state index contributed by atoms with van der Waals surface area (Å²) in [7, 11) is 0. The van der Waals surface area contributed by atoms with Crippen LogP contribution in [-0.2, 0) is 19.6 Å². The number of aliphatic hydroxyl groups is 1. The van der Waals surface area contributed by atoms with Crippen molar-refractivity contribution in [3.05, 3.63) is 65.2 Å². The smallest absolute Gasteiger partial charge is 0.198 e. The molecule has 5 heteroatoms. The van der Waals surface area contributed by atoms with Gasteiger partial charge in [-0.2, -0.15) is 0 Å². The number of fused-ring (bicyclic) bond motifs is 1. The van der Waals surface area contributed by atoms with Crippen molar-refractivity contribution in [1.29, 1.82) is 0 Å². The van der Waals surface area contributed by atoms with Crippen LogP contribution in [0, 0.1) is 0 Å². The van der Waals surface area contributed by atoms with Crippen LogP contribution in [0.3, 0.4) is 0 Å². The molecule has 128 valence electrons. The summed E-state index contributed by atoms with van der Waals surface area (Å²) in [4.78, 5) is 7.04. The number of halogens is 1. The van der Waals surface area contributed by atoms with Gasteiger partial charge in [0.1, 0.15) is 0 Å². The second-order valence-corrected chi connectivity index (χ2v) is 5.63. The molecule has 2 aromatic rings. The predicted molar refractivity (Wildman–Crippen MR) is 110 cm³/mol. The second kappa shape index (κ2) is 9.03. The second-order valence-electron chi connectivity index (χ2n) is 5.63. The molecule has 2 N–H and O–H groups in total. The summed E-state index contributed by atoms with van der Waals surface area (Å²) in [5.41, 5.74) is 4.61. The molecule has 2 aromatic carbocycles. The normalized spacial score (nSPS) is 13.4. The van der Waals surface area contributed by atoms with Crippen LogP contribution in [0.5, 0.6) is 0 Å². The Hall–Kier alpha value is -1.60. The molecular weight excluding hydrogens is 413 g/mol. The van der Waals surface area contributed by atoms with E-state index in [-0.39, 0.29) is 30.6 Å². The quantitative estimate of drug-likeness (QED) is 0.439. The highest BCUT2D eigenvalue weighted by Crippen LogP contribution is 2.27. The molecule has 1 heterocycles. The molecule has 0 unspecified atom stereocenters. The van der Waals surface area contributed by atoms with Gasteiger partial charge in [-0.3, -0.25) is 0 Å². The highest BCUT2D eigenvalue weighted by molar-refractivity contribution is 14.0. The van der Waals surface area contributed by atoms with E-state index in [1.807, 2.05) is 24.3 Å². The van der Waals surface area contributed by atoms with Gasteiger partial charge in [-0.25, -0.2) is 4.99 Å². The van der Waals surface area contributed by atoms with E-state index in [0.29, 0.717) is 6.54 Å². The van der Waals surface area contributed by atoms with Gasteiger partial charge in [0, 0.05) is 18.8 Å². The lowest BCUT2D eigenvalue weighted by molar-refractivity contribution is 0.280. The predicted octanol–water partition coefficient (Wildman–Crippen LogP) is 3.33. The van der Waals surface area contributed by atoms with E-state index in [0.717, 1.165) is 36.6 Å². The number of para-hydroxylation sites is 1. The Morgan fingerprint density at radius 3 is 2.58 bits per heavy atom. The van der Waals surface area contributed by atoms with Gasteiger partial charge in [-0.05, 0) is 36.1 Å². The molecule has 1 aliphatic heterocycles. The van der Waals surface area contributed by atoms with Crippen molar-refractivity contribution in [2.45, 2.75) is 26.5 Å². The highest BCUT2D eigenvalue weighted by atomic mass is 127. The molecule has 0 atom stereocenters. The number of nitrogens with zero attached hydrogens (tertiary/aromatic N) is 2. The van der Waals surface area contributed by atoms with Crippen LogP contribution < -0.4 is 10.2 Å². The summed E-state index contributed by atoms with van der Waals surface area (Å²) in [6.07, 6.45) is 1.05. The Kier molecular flexibility index (Phi) is 7.05. The van der Waals surface area contributed by atoms with E-state index in [2.05, 4.69) is 41.4 Å². The Labute approximate surface area is 160 Å². The van der Waals surface area contributed by atoms with Gasteiger partial charge in [0.05, 0.1) is 13.2 Å². The van der Waals surface area contributed by atoms with Gasteiger partial charge in [0.15, 0.2) is 5.96 Å². The summed E-state index contributed by atoms with van der Waals surface area (Å²) in [6.45, 7) is 4.48. The lowest BCUT2D eigenvalue weighted by Gasteiger charge is -2.22. The molecule has 0 amide bonds. The Bertz CT molecular complexity index is 703. The Balaban J connectivity index is 0.00000208. The highest BCUT2D eigenvalue weighted by Gasteiger charge is 2.22. The van der Waals surface area contributed by atoms with Crippen LogP contribution in [-0.4, -0.2) is 24.2 Å². The number of guanidine groups is 1. The third kappa shape index (κ3) is 4.08. The first-order valence-corrected chi connectivity index (χ1v) is 8.15. The van der Waals surface area contributed by atoms with Gasteiger partial charge in [0.25, 0.3) is 0 Å². The minimum atomic E-state index is 0.